The minimum Gasteiger partial charge on any atom is -0.349 e. The van der Waals surface area contributed by atoms with E-state index in [0.29, 0.717) is 10.6 Å². The monoisotopic (exact) mass is 182 g/mol. The quantitative estimate of drug-likeness (QED) is 0.712. The Morgan fingerprint density at radius 1 is 1.58 bits per heavy atom. The topological polar surface area (TPSA) is 28.7 Å². The largest absolute Gasteiger partial charge is 0.349 e. The molecule has 0 aromatic carbocycles. The molecule has 3 heteroatoms. The minimum absolute atomic E-state index is 0.650. The lowest BCUT2D eigenvalue weighted by Gasteiger charge is -2.07. The summed E-state index contributed by atoms with van der Waals surface area (Å²) in [7, 11) is 0. The molecule has 1 aromatic rings. The zero-order valence-corrected chi connectivity index (χ0v) is 8.53. The fourth-order valence-electron chi connectivity index (χ4n) is 1.12. The van der Waals surface area contributed by atoms with Crippen LogP contribution in [0, 0.1) is 17.5 Å². The van der Waals surface area contributed by atoms with Gasteiger partial charge < -0.3 is 4.98 Å². The van der Waals surface area contributed by atoms with Crippen LogP contribution >= 0.6 is 12.2 Å². The van der Waals surface area contributed by atoms with E-state index in [0.717, 1.165) is 12.0 Å². The lowest BCUT2D eigenvalue weighted by Crippen LogP contribution is -2.01. The molecule has 0 spiro atoms. The second-order valence-corrected chi connectivity index (χ2v) is 3.80. The summed E-state index contributed by atoms with van der Waals surface area (Å²) in [4.78, 5) is 7.14. The summed E-state index contributed by atoms with van der Waals surface area (Å²) in [5, 5.41) is 0. The Labute approximate surface area is 78.1 Å². The molecule has 1 heterocycles. The molecule has 12 heavy (non-hydrogen) atoms. The summed E-state index contributed by atoms with van der Waals surface area (Å²) in [6.07, 6.45) is 2.71. The van der Waals surface area contributed by atoms with Crippen molar-refractivity contribution in [3.63, 3.8) is 0 Å². The predicted molar refractivity (Wildman–Crippen MR) is 52.7 cm³/mol. The number of H-pyrrole nitrogens is 1. The molecule has 0 aliphatic carbocycles. The van der Waals surface area contributed by atoms with Crippen LogP contribution in [-0.4, -0.2) is 9.97 Å². The van der Waals surface area contributed by atoms with Crippen LogP contribution < -0.4 is 0 Å². The van der Waals surface area contributed by atoms with Crippen molar-refractivity contribution in [3.05, 3.63) is 22.2 Å². The van der Waals surface area contributed by atoms with Gasteiger partial charge >= 0.3 is 0 Å². The van der Waals surface area contributed by atoms with E-state index in [-0.39, 0.29) is 0 Å². The Balaban J connectivity index is 3.00. The van der Waals surface area contributed by atoms with E-state index in [2.05, 4.69) is 23.8 Å². The molecule has 1 aromatic heterocycles. The fourth-order valence-corrected chi connectivity index (χ4v) is 1.30. The number of rotatable bonds is 2. The summed E-state index contributed by atoms with van der Waals surface area (Å²) in [6, 6.07) is 0. The van der Waals surface area contributed by atoms with Crippen LogP contribution in [0.3, 0.4) is 0 Å². The summed E-state index contributed by atoms with van der Waals surface area (Å²) in [5.74, 6) is 0.650. The van der Waals surface area contributed by atoms with E-state index in [1.54, 1.807) is 6.33 Å². The van der Waals surface area contributed by atoms with Gasteiger partial charge in [0.2, 0.25) is 0 Å². The first-order valence-corrected chi connectivity index (χ1v) is 4.55. The molecule has 0 saturated heterocycles. The van der Waals surface area contributed by atoms with E-state index >= 15 is 0 Å². The van der Waals surface area contributed by atoms with Gasteiger partial charge in [-0.2, -0.15) is 0 Å². The number of nitrogens with zero attached hydrogens (tertiary/aromatic N) is 1. The van der Waals surface area contributed by atoms with E-state index < -0.39 is 0 Å². The van der Waals surface area contributed by atoms with Crippen molar-refractivity contribution >= 4 is 12.2 Å². The van der Waals surface area contributed by atoms with Crippen LogP contribution in [0.1, 0.15) is 25.1 Å². The van der Waals surface area contributed by atoms with E-state index in [1.807, 2.05) is 6.92 Å². The molecule has 0 unspecified atom stereocenters. The first-order valence-electron chi connectivity index (χ1n) is 4.14. The second-order valence-electron chi connectivity index (χ2n) is 3.41. The van der Waals surface area contributed by atoms with Crippen LogP contribution in [0.4, 0.5) is 0 Å². The third-order valence-corrected chi connectivity index (χ3v) is 2.22. The highest BCUT2D eigenvalue weighted by atomic mass is 32.1. The molecule has 0 aliphatic heterocycles. The van der Waals surface area contributed by atoms with Gasteiger partial charge in [0.05, 0.1) is 6.33 Å². The van der Waals surface area contributed by atoms with Crippen molar-refractivity contribution in [2.24, 2.45) is 5.92 Å². The molecule has 0 radical (unpaired) electrons. The van der Waals surface area contributed by atoms with Gasteiger partial charge in [-0.05, 0) is 19.3 Å². The number of nitrogens with one attached hydrogen (secondary N) is 1. The highest BCUT2D eigenvalue weighted by Gasteiger charge is 2.02. The van der Waals surface area contributed by atoms with Crippen molar-refractivity contribution in [1.82, 2.24) is 9.97 Å². The number of hydrogen-bond donors (Lipinski definition) is 1. The van der Waals surface area contributed by atoms with Crippen molar-refractivity contribution in [2.45, 2.75) is 27.2 Å². The van der Waals surface area contributed by atoms with Crippen LogP contribution in [0.5, 0.6) is 0 Å². The Hall–Kier alpha value is -0.700. The van der Waals surface area contributed by atoms with Gasteiger partial charge in [-0.3, -0.25) is 0 Å². The average molecular weight is 182 g/mol. The second kappa shape index (κ2) is 3.81. The maximum atomic E-state index is 5.06. The van der Waals surface area contributed by atoms with Crippen molar-refractivity contribution < 1.29 is 0 Å². The summed E-state index contributed by atoms with van der Waals surface area (Å²) in [5.41, 5.74) is 2.33. The maximum absolute atomic E-state index is 5.06. The zero-order valence-electron chi connectivity index (χ0n) is 7.72. The number of aromatic amines is 1. The van der Waals surface area contributed by atoms with E-state index in [9.17, 15) is 0 Å². The summed E-state index contributed by atoms with van der Waals surface area (Å²) in [6.45, 7) is 6.40. The van der Waals surface area contributed by atoms with Crippen LogP contribution in [-0.2, 0) is 6.42 Å². The third kappa shape index (κ3) is 2.14. The normalized spacial score (nSPS) is 10.7. The smallest absolute Gasteiger partial charge is 0.132 e. The van der Waals surface area contributed by atoms with Gasteiger partial charge in [0, 0.05) is 11.3 Å². The Bertz CT molecular complexity index is 315. The van der Waals surface area contributed by atoms with Gasteiger partial charge in [0.1, 0.15) is 4.64 Å². The zero-order chi connectivity index (χ0) is 9.14. The highest BCUT2D eigenvalue weighted by Crippen LogP contribution is 2.09. The number of hydrogen-bond acceptors (Lipinski definition) is 2. The van der Waals surface area contributed by atoms with Gasteiger partial charge in [0.15, 0.2) is 0 Å². The average Bonchev–Trinajstić information content (AvgIpc) is 1.98. The van der Waals surface area contributed by atoms with E-state index in [1.165, 1.54) is 5.69 Å². The molecular weight excluding hydrogens is 168 g/mol. The predicted octanol–water partition coefficient (Wildman–Crippen LogP) is 2.65. The van der Waals surface area contributed by atoms with Crippen molar-refractivity contribution in [3.8, 4) is 0 Å². The standard InChI is InChI=1S/C9H14N2S/c1-6(2)4-8-7(3)9(12)11-5-10-8/h5-6H,4H2,1-3H3,(H,10,11,12). The van der Waals surface area contributed by atoms with Crippen LogP contribution in [0.15, 0.2) is 6.33 Å². The maximum Gasteiger partial charge on any atom is 0.132 e. The fraction of sp³-hybridized carbons (Fsp3) is 0.556. The Morgan fingerprint density at radius 3 is 2.83 bits per heavy atom. The van der Waals surface area contributed by atoms with Crippen molar-refractivity contribution in [2.75, 3.05) is 0 Å². The van der Waals surface area contributed by atoms with Gasteiger partial charge in [-0.1, -0.05) is 26.1 Å². The first kappa shape index (κ1) is 9.39. The van der Waals surface area contributed by atoms with Gasteiger partial charge in [0.25, 0.3) is 0 Å². The van der Waals surface area contributed by atoms with Crippen molar-refractivity contribution in [1.29, 1.82) is 0 Å². The molecule has 66 valence electrons. The van der Waals surface area contributed by atoms with Gasteiger partial charge in [-0.15, -0.1) is 0 Å². The molecule has 0 atom stereocenters. The Morgan fingerprint density at radius 2 is 2.25 bits per heavy atom. The first-order chi connectivity index (χ1) is 5.61. The van der Waals surface area contributed by atoms with E-state index in [4.69, 9.17) is 12.2 Å². The molecule has 0 aliphatic rings. The SMILES string of the molecule is Cc1c(CC(C)C)[nH]cnc1=S. The van der Waals surface area contributed by atoms with Gasteiger partial charge in [-0.25, -0.2) is 4.98 Å². The highest BCUT2D eigenvalue weighted by molar-refractivity contribution is 7.71. The molecule has 0 amide bonds. The summed E-state index contributed by atoms with van der Waals surface area (Å²) >= 11 is 5.06. The van der Waals surface area contributed by atoms with Crippen LogP contribution in [0.2, 0.25) is 0 Å². The molecule has 2 nitrogen and oxygen atoms in total. The van der Waals surface area contributed by atoms with Crippen LogP contribution in [0.25, 0.3) is 0 Å². The molecule has 0 saturated carbocycles. The molecule has 1 rings (SSSR count). The molecule has 0 fully saturated rings. The third-order valence-electron chi connectivity index (χ3n) is 1.81. The Kier molecular flexibility index (Phi) is 2.98. The lowest BCUT2D eigenvalue weighted by molar-refractivity contribution is 0.630. The molecule has 1 N–H and O–H groups in total. The number of aromatic nitrogens is 2. The summed E-state index contributed by atoms with van der Waals surface area (Å²) < 4.78 is 0.712. The molecule has 0 bridgehead atoms. The minimum atomic E-state index is 0.650. The lowest BCUT2D eigenvalue weighted by atomic mass is 10.1. The molecular formula is C9H14N2S.